The van der Waals surface area contributed by atoms with Gasteiger partial charge in [-0.05, 0) is 37.6 Å². The summed E-state index contributed by atoms with van der Waals surface area (Å²) >= 11 is 0. The van der Waals surface area contributed by atoms with Crippen LogP contribution in [0, 0.1) is 11.8 Å². The Morgan fingerprint density at radius 1 is 1.23 bits per heavy atom. The van der Waals surface area contributed by atoms with Gasteiger partial charge in [0.05, 0.1) is 0 Å². The van der Waals surface area contributed by atoms with Crippen molar-refractivity contribution >= 4 is 0 Å². The predicted molar refractivity (Wildman–Crippen MR) is 55.7 cm³/mol. The summed E-state index contributed by atoms with van der Waals surface area (Å²) < 4.78 is 0. The Morgan fingerprint density at radius 3 is 2.38 bits per heavy atom. The van der Waals surface area contributed by atoms with Gasteiger partial charge in [-0.2, -0.15) is 0 Å². The van der Waals surface area contributed by atoms with Gasteiger partial charge in [0.1, 0.15) is 0 Å². The van der Waals surface area contributed by atoms with Crippen LogP contribution in [0.25, 0.3) is 0 Å². The molecule has 1 rings (SSSR count). The zero-order valence-corrected chi connectivity index (χ0v) is 8.92. The summed E-state index contributed by atoms with van der Waals surface area (Å²) in [6, 6.07) is 0.681. The molecule has 1 aliphatic rings. The molecule has 2 nitrogen and oxygen atoms in total. The number of nitrogens with one attached hydrogen (secondary N) is 1. The Hall–Kier alpha value is -0.0800. The third-order valence-electron chi connectivity index (χ3n) is 3.26. The zero-order chi connectivity index (χ0) is 9.68. The van der Waals surface area contributed by atoms with Gasteiger partial charge in [-0.3, -0.25) is 0 Å². The fourth-order valence-electron chi connectivity index (χ4n) is 2.43. The summed E-state index contributed by atoms with van der Waals surface area (Å²) in [5.41, 5.74) is 0. The van der Waals surface area contributed by atoms with Crippen LogP contribution in [0.3, 0.4) is 0 Å². The number of hydrogen-bond donors (Lipinski definition) is 2. The largest absolute Gasteiger partial charge is 0.396 e. The number of aliphatic hydroxyl groups excluding tert-OH is 1. The summed E-state index contributed by atoms with van der Waals surface area (Å²) in [5, 5.41) is 12.2. The Morgan fingerprint density at radius 2 is 1.85 bits per heavy atom. The molecule has 1 fully saturated rings. The molecule has 2 unspecified atom stereocenters. The van der Waals surface area contributed by atoms with E-state index in [-0.39, 0.29) is 0 Å². The molecule has 0 aromatic carbocycles. The summed E-state index contributed by atoms with van der Waals surface area (Å²) in [6.45, 7) is 5.96. The van der Waals surface area contributed by atoms with Crippen LogP contribution in [-0.2, 0) is 0 Å². The van der Waals surface area contributed by atoms with Gasteiger partial charge in [0.2, 0.25) is 0 Å². The summed E-state index contributed by atoms with van der Waals surface area (Å²) in [7, 11) is 0. The van der Waals surface area contributed by atoms with Crippen molar-refractivity contribution in [1.82, 2.24) is 5.32 Å². The fraction of sp³-hybridized carbons (Fsp3) is 1.00. The van der Waals surface area contributed by atoms with Crippen molar-refractivity contribution in [2.45, 2.75) is 45.6 Å². The van der Waals surface area contributed by atoms with E-state index >= 15 is 0 Å². The van der Waals surface area contributed by atoms with Crippen LogP contribution >= 0.6 is 0 Å². The van der Waals surface area contributed by atoms with Crippen LogP contribution in [0.1, 0.15) is 39.5 Å². The van der Waals surface area contributed by atoms with Crippen LogP contribution in [-0.4, -0.2) is 24.3 Å². The molecule has 0 amide bonds. The molecule has 0 radical (unpaired) electrons. The van der Waals surface area contributed by atoms with Crippen molar-refractivity contribution < 1.29 is 5.11 Å². The molecular weight excluding hydrogens is 162 g/mol. The zero-order valence-electron chi connectivity index (χ0n) is 8.92. The van der Waals surface area contributed by atoms with E-state index in [1.54, 1.807) is 0 Å². The molecule has 0 bridgehead atoms. The van der Waals surface area contributed by atoms with E-state index in [0.29, 0.717) is 12.6 Å². The van der Waals surface area contributed by atoms with Crippen molar-refractivity contribution in [3.63, 3.8) is 0 Å². The van der Waals surface area contributed by atoms with Gasteiger partial charge in [0.15, 0.2) is 0 Å². The number of rotatable bonds is 4. The maximum atomic E-state index is 8.69. The van der Waals surface area contributed by atoms with Crippen molar-refractivity contribution in [1.29, 1.82) is 0 Å². The average molecular weight is 185 g/mol. The Labute approximate surface area is 81.7 Å². The van der Waals surface area contributed by atoms with Crippen LogP contribution in [0.4, 0.5) is 0 Å². The summed E-state index contributed by atoms with van der Waals surface area (Å²) in [5.74, 6) is 1.62. The molecular formula is C11H23NO. The second-order valence-electron chi connectivity index (χ2n) is 4.44. The van der Waals surface area contributed by atoms with Crippen LogP contribution in [0.5, 0.6) is 0 Å². The van der Waals surface area contributed by atoms with Crippen LogP contribution in [0.2, 0.25) is 0 Å². The third kappa shape index (κ3) is 3.28. The van der Waals surface area contributed by atoms with Gasteiger partial charge in [0, 0.05) is 12.6 Å². The lowest BCUT2D eigenvalue weighted by Gasteiger charge is -2.35. The molecule has 0 spiro atoms. The minimum absolute atomic E-state index is 0.308. The molecule has 13 heavy (non-hydrogen) atoms. The fourth-order valence-corrected chi connectivity index (χ4v) is 2.43. The Kier molecular flexibility index (Phi) is 4.74. The lowest BCUT2D eigenvalue weighted by atomic mass is 9.79. The highest BCUT2D eigenvalue weighted by Gasteiger charge is 2.26. The summed E-state index contributed by atoms with van der Waals surface area (Å²) in [4.78, 5) is 0. The maximum absolute atomic E-state index is 8.69. The first-order chi connectivity index (χ1) is 6.25. The molecule has 78 valence electrons. The lowest BCUT2D eigenvalue weighted by molar-refractivity contribution is 0.202. The monoisotopic (exact) mass is 185 g/mol. The normalized spacial score (nSPS) is 34.8. The number of hydrogen-bond acceptors (Lipinski definition) is 2. The highest BCUT2D eigenvalue weighted by atomic mass is 16.3. The van der Waals surface area contributed by atoms with E-state index in [1.807, 2.05) is 0 Å². The van der Waals surface area contributed by atoms with Gasteiger partial charge in [-0.1, -0.05) is 20.3 Å². The van der Waals surface area contributed by atoms with E-state index < -0.39 is 0 Å². The average Bonchev–Trinajstić information content (AvgIpc) is 2.10. The molecule has 2 heteroatoms. The molecule has 0 aromatic rings. The number of aliphatic hydroxyl groups is 1. The quantitative estimate of drug-likeness (QED) is 0.654. The summed E-state index contributed by atoms with van der Waals surface area (Å²) in [6.07, 6.45) is 5.00. The van der Waals surface area contributed by atoms with Gasteiger partial charge < -0.3 is 10.4 Å². The second kappa shape index (κ2) is 5.61. The van der Waals surface area contributed by atoms with E-state index in [4.69, 9.17) is 5.11 Å². The Bertz CT molecular complexity index is 128. The van der Waals surface area contributed by atoms with Crippen molar-refractivity contribution in [2.75, 3.05) is 13.2 Å². The van der Waals surface area contributed by atoms with E-state index in [9.17, 15) is 0 Å². The minimum atomic E-state index is 0.308. The SMILES string of the molecule is CC1CCCC(C)C1NCCCO. The lowest BCUT2D eigenvalue weighted by Crippen LogP contribution is -2.43. The smallest absolute Gasteiger partial charge is 0.0443 e. The highest BCUT2D eigenvalue weighted by Crippen LogP contribution is 2.28. The van der Waals surface area contributed by atoms with Crippen LogP contribution in [0.15, 0.2) is 0 Å². The first-order valence-corrected chi connectivity index (χ1v) is 5.60. The molecule has 1 aliphatic carbocycles. The highest BCUT2D eigenvalue weighted by molar-refractivity contribution is 4.82. The molecule has 2 atom stereocenters. The Balaban J connectivity index is 2.26. The van der Waals surface area contributed by atoms with E-state index in [2.05, 4.69) is 19.2 Å². The van der Waals surface area contributed by atoms with Gasteiger partial charge in [-0.25, -0.2) is 0 Å². The van der Waals surface area contributed by atoms with Crippen molar-refractivity contribution in [3.8, 4) is 0 Å². The van der Waals surface area contributed by atoms with E-state index in [0.717, 1.165) is 24.8 Å². The minimum Gasteiger partial charge on any atom is -0.396 e. The second-order valence-corrected chi connectivity index (χ2v) is 4.44. The first-order valence-electron chi connectivity index (χ1n) is 5.60. The molecule has 0 aliphatic heterocycles. The standard InChI is InChI=1S/C11H23NO/c1-9-5-3-6-10(2)11(9)12-7-4-8-13/h9-13H,3-8H2,1-2H3. The maximum Gasteiger partial charge on any atom is 0.0443 e. The molecule has 1 saturated carbocycles. The molecule has 0 heterocycles. The molecule has 0 aromatic heterocycles. The van der Waals surface area contributed by atoms with Gasteiger partial charge in [-0.15, -0.1) is 0 Å². The molecule has 0 saturated heterocycles. The van der Waals surface area contributed by atoms with Crippen molar-refractivity contribution in [3.05, 3.63) is 0 Å². The van der Waals surface area contributed by atoms with Crippen molar-refractivity contribution in [2.24, 2.45) is 11.8 Å². The van der Waals surface area contributed by atoms with E-state index in [1.165, 1.54) is 19.3 Å². The predicted octanol–water partition coefficient (Wildman–Crippen LogP) is 1.78. The van der Waals surface area contributed by atoms with Gasteiger partial charge in [0.25, 0.3) is 0 Å². The molecule has 2 N–H and O–H groups in total. The third-order valence-corrected chi connectivity index (χ3v) is 3.26. The topological polar surface area (TPSA) is 32.3 Å². The first kappa shape index (κ1) is 11.0. The van der Waals surface area contributed by atoms with Crippen LogP contribution < -0.4 is 5.32 Å². The van der Waals surface area contributed by atoms with Gasteiger partial charge >= 0.3 is 0 Å².